The van der Waals surface area contributed by atoms with Crippen molar-refractivity contribution in [3.05, 3.63) is 17.7 Å². The Kier molecular flexibility index (Phi) is 2.74. The Morgan fingerprint density at radius 1 is 1.60 bits per heavy atom. The van der Waals surface area contributed by atoms with Crippen LogP contribution in [0.2, 0.25) is 0 Å². The van der Waals surface area contributed by atoms with E-state index in [9.17, 15) is 18.0 Å². The second-order valence-electron chi connectivity index (χ2n) is 3.12. The van der Waals surface area contributed by atoms with Crippen LogP contribution < -0.4 is 0 Å². The average molecular weight is 222 g/mol. The Bertz CT molecular complexity index is 384. The summed E-state index contributed by atoms with van der Waals surface area (Å²) in [6, 6.07) is 0. The van der Waals surface area contributed by atoms with E-state index in [0.717, 1.165) is 11.6 Å². The van der Waals surface area contributed by atoms with Gasteiger partial charge in [-0.1, -0.05) is 0 Å². The zero-order valence-electron chi connectivity index (χ0n) is 8.04. The molecule has 15 heavy (non-hydrogen) atoms. The number of imidazole rings is 1. The van der Waals surface area contributed by atoms with Gasteiger partial charge in [-0.3, -0.25) is 4.79 Å². The van der Waals surface area contributed by atoms with Crippen LogP contribution in [-0.4, -0.2) is 20.6 Å². The highest BCUT2D eigenvalue weighted by atomic mass is 19.4. The lowest BCUT2D eigenvalue weighted by Crippen LogP contribution is -2.16. The van der Waals surface area contributed by atoms with E-state index in [0.29, 0.717) is 6.20 Å². The minimum absolute atomic E-state index is 0.116. The zero-order valence-corrected chi connectivity index (χ0v) is 8.04. The highest BCUT2D eigenvalue weighted by Gasteiger charge is 2.36. The van der Waals surface area contributed by atoms with Crippen molar-refractivity contribution in [3.63, 3.8) is 0 Å². The number of nitrogens with zero attached hydrogens (tertiary/aromatic N) is 2. The van der Waals surface area contributed by atoms with Gasteiger partial charge in [0.25, 0.3) is 0 Å². The number of rotatable bonds is 2. The molecule has 0 saturated heterocycles. The first-order chi connectivity index (χ1) is 6.75. The van der Waals surface area contributed by atoms with Gasteiger partial charge >= 0.3 is 12.1 Å². The van der Waals surface area contributed by atoms with E-state index in [2.05, 4.69) is 4.98 Å². The van der Waals surface area contributed by atoms with Gasteiger partial charge in [0.15, 0.2) is 0 Å². The van der Waals surface area contributed by atoms with E-state index in [-0.39, 0.29) is 5.82 Å². The van der Waals surface area contributed by atoms with Crippen LogP contribution in [0.5, 0.6) is 0 Å². The van der Waals surface area contributed by atoms with E-state index in [4.69, 9.17) is 5.11 Å². The summed E-state index contributed by atoms with van der Waals surface area (Å²) in [6.45, 7) is 1.28. The molecule has 0 radical (unpaired) electrons. The van der Waals surface area contributed by atoms with Crippen molar-refractivity contribution in [2.45, 2.75) is 19.0 Å². The van der Waals surface area contributed by atoms with Crippen molar-refractivity contribution < 1.29 is 23.1 Å². The molecule has 0 amide bonds. The largest absolute Gasteiger partial charge is 0.481 e. The standard InChI is InChI=1S/C8H9F3N2O2/c1-4(7(14)15)6-12-3-5(13(6)2)8(9,10)11/h3-4H,1-2H3,(H,14,15). The summed E-state index contributed by atoms with van der Waals surface area (Å²) in [7, 11) is 1.14. The fraction of sp³-hybridized carbons (Fsp3) is 0.500. The molecule has 1 aromatic heterocycles. The number of hydrogen-bond donors (Lipinski definition) is 1. The van der Waals surface area contributed by atoms with Gasteiger partial charge < -0.3 is 9.67 Å². The molecule has 0 aliphatic carbocycles. The highest BCUT2D eigenvalue weighted by Crippen LogP contribution is 2.30. The average Bonchev–Trinajstić information content (AvgIpc) is 2.44. The predicted octanol–water partition coefficient (Wildman–Crippen LogP) is 1.63. The molecule has 1 aromatic rings. The summed E-state index contributed by atoms with van der Waals surface area (Å²) in [5.74, 6) is -2.39. The number of carboxylic acid groups (broad SMARTS) is 1. The van der Waals surface area contributed by atoms with Crippen LogP contribution in [0.3, 0.4) is 0 Å². The molecule has 0 aromatic carbocycles. The number of halogens is 3. The third kappa shape index (κ3) is 2.11. The van der Waals surface area contributed by atoms with Gasteiger partial charge in [0.2, 0.25) is 0 Å². The summed E-state index contributed by atoms with van der Waals surface area (Å²) in [4.78, 5) is 14.0. The normalized spacial score (nSPS) is 13.9. The first kappa shape index (κ1) is 11.5. The maximum Gasteiger partial charge on any atom is 0.432 e. The first-order valence-corrected chi connectivity index (χ1v) is 4.06. The Morgan fingerprint density at radius 2 is 2.13 bits per heavy atom. The van der Waals surface area contributed by atoms with Crippen LogP contribution in [0, 0.1) is 0 Å². The molecule has 0 fully saturated rings. The Morgan fingerprint density at radius 3 is 2.47 bits per heavy atom. The van der Waals surface area contributed by atoms with Gasteiger partial charge in [0.1, 0.15) is 17.4 Å². The number of alkyl halides is 3. The van der Waals surface area contributed by atoms with Crippen molar-refractivity contribution in [1.29, 1.82) is 0 Å². The van der Waals surface area contributed by atoms with Crippen LogP contribution >= 0.6 is 0 Å². The molecule has 0 aliphatic heterocycles. The third-order valence-electron chi connectivity index (χ3n) is 2.07. The molecule has 7 heteroatoms. The summed E-state index contributed by atoms with van der Waals surface area (Å²) in [5.41, 5.74) is -0.953. The van der Waals surface area contributed by atoms with Crippen molar-refractivity contribution in [2.24, 2.45) is 7.05 Å². The molecule has 4 nitrogen and oxygen atoms in total. The second kappa shape index (κ2) is 3.56. The lowest BCUT2D eigenvalue weighted by Gasteiger charge is -2.10. The van der Waals surface area contributed by atoms with Gasteiger partial charge in [-0.15, -0.1) is 0 Å². The molecular weight excluding hydrogens is 213 g/mol. The van der Waals surface area contributed by atoms with Gasteiger partial charge in [-0.2, -0.15) is 13.2 Å². The SMILES string of the molecule is CC(C(=O)O)c1ncc(C(F)(F)F)n1C. The third-order valence-corrected chi connectivity index (χ3v) is 2.07. The molecule has 84 valence electrons. The van der Waals surface area contributed by atoms with Crippen molar-refractivity contribution in [1.82, 2.24) is 9.55 Å². The summed E-state index contributed by atoms with van der Waals surface area (Å²) in [5, 5.41) is 8.64. The van der Waals surface area contributed by atoms with Crippen LogP contribution in [0.4, 0.5) is 13.2 Å². The molecule has 0 bridgehead atoms. The molecule has 1 unspecified atom stereocenters. The molecule has 1 rings (SSSR count). The fourth-order valence-electron chi connectivity index (χ4n) is 1.20. The zero-order chi connectivity index (χ0) is 11.8. The highest BCUT2D eigenvalue weighted by molar-refractivity contribution is 5.74. The molecule has 1 heterocycles. The van der Waals surface area contributed by atoms with Gasteiger partial charge in [0, 0.05) is 7.05 Å². The monoisotopic (exact) mass is 222 g/mol. The Balaban J connectivity index is 3.15. The van der Waals surface area contributed by atoms with Gasteiger partial charge in [-0.05, 0) is 6.92 Å². The summed E-state index contributed by atoms with van der Waals surface area (Å²) in [6.07, 6.45) is -3.88. The van der Waals surface area contributed by atoms with Crippen molar-refractivity contribution in [3.8, 4) is 0 Å². The predicted molar refractivity (Wildman–Crippen MR) is 44.3 cm³/mol. The molecule has 1 atom stereocenters. The fourth-order valence-corrected chi connectivity index (χ4v) is 1.20. The van der Waals surface area contributed by atoms with Crippen LogP contribution in [0.25, 0.3) is 0 Å². The maximum atomic E-state index is 12.3. The topological polar surface area (TPSA) is 55.1 Å². The quantitative estimate of drug-likeness (QED) is 0.827. The minimum atomic E-state index is -4.52. The van der Waals surface area contributed by atoms with Crippen LogP contribution in [0.15, 0.2) is 6.20 Å². The molecule has 0 spiro atoms. The van der Waals surface area contributed by atoms with E-state index >= 15 is 0 Å². The van der Waals surface area contributed by atoms with E-state index in [1.165, 1.54) is 6.92 Å². The lowest BCUT2D eigenvalue weighted by molar-refractivity contribution is -0.144. The van der Waals surface area contributed by atoms with E-state index in [1.54, 1.807) is 0 Å². The van der Waals surface area contributed by atoms with Gasteiger partial charge in [-0.25, -0.2) is 4.98 Å². The Hall–Kier alpha value is -1.53. The second-order valence-corrected chi connectivity index (χ2v) is 3.12. The molecule has 0 saturated carbocycles. The van der Waals surface area contributed by atoms with Gasteiger partial charge in [0.05, 0.1) is 6.20 Å². The lowest BCUT2D eigenvalue weighted by atomic mass is 10.2. The van der Waals surface area contributed by atoms with Crippen molar-refractivity contribution >= 4 is 5.97 Å². The number of aromatic nitrogens is 2. The number of carboxylic acids is 1. The smallest absolute Gasteiger partial charge is 0.432 e. The van der Waals surface area contributed by atoms with E-state index in [1.807, 2.05) is 0 Å². The van der Waals surface area contributed by atoms with Crippen molar-refractivity contribution in [2.75, 3.05) is 0 Å². The Labute approximate surface area is 83.3 Å². The molecular formula is C8H9F3N2O2. The number of carbonyl (C=O) groups is 1. The summed E-state index contributed by atoms with van der Waals surface area (Å²) < 4.78 is 37.7. The van der Waals surface area contributed by atoms with E-state index < -0.39 is 23.8 Å². The maximum absolute atomic E-state index is 12.3. The number of hydrogen-bond acceptors (Lipinski definition) is 2. The van der Waals surface area contributed by atoms with Crippen LogP contribution in [0.1, 0.15) is 24.4 Å². The first-order valence-electron chi connectivity index (χ1n) is 4.06. The molecule has 0 aliphatic rings. The molecule has 1 N–H and O–H groups in total. The van der Waals surface area contributed by atoms with Crippen LogP contribution in [-0.2, 0) is 18.0 Å². The number of aliphatic carboxylic acids is 1. The summed E-state index contributed by atoms with van der Waals surface area (Å²) >= 11 is 0. The minimum Gasteiger partial charge on any atom is -0.481 e.